The van der Waals surface area contributed by atoms with E-state index in [-0.39, 0.29) is 23.7 Å². The van der Waals surface area contributed by atoms with Crippen LogP contribution in [0, 0.1) is 11.3 Å². The van der Waals surface area contributed by atoms with Crippen molar-refractivity contribution in [3.8, 4) is 40.0 Å². The van der Waals surface area contributed by atoms with Gasteiger partial charge in [0, 0.05) is 10.9 Å². The molecule has 2 aromatic carbocycles. The van der Waals surface area contributed by atoms with Crippen molar-refractivity contribution >= 4 is 16.8 Å². The van der Waals surface area contributed by atoms with Crippen LogP contribution in [0.2, 0.25) is 0 Å². The Morgan fingerprint density at radius 2 is 1.83 bits per heavy atom. The second-order valence-electron chi connectivity index (χ2n) is 6.48. The number of nitrogens with zero attached hydrogens (tertiary/aromatic N) is 2. The molecule has 0 saturated heterocycles. The molecule has 140 valence electrons. The third kappa shape index (κ3) is 2.75. The van der Waals surface area contributed by atoms with E-state index in [0.29, 0.717) is 33.9 Å². The number of rotatable bonds is 2. The number of aromatic nitrogens is 1. The number of fused-ring (bicyclic) bond motifs is 2. The molecule has 7 nitrogen and oxygen atoms in total. The van der Waals surface area contributed by atoms with Crippen molar-refractivity contribution in [2.45, 2.75) is 0 Å². The van der Waals surface area contributed by atoms with Crippen LogP contribution in [0.3, 0.4) is 0 Å². The molecule has 5 rings (SSSR count). The molecule has 0 radical (unpaired) electrons. The Morgan fingerprint density at radius 3 is 2.69 bits per heavy atom. The average molecular weight is 383 g/mol. The van der Waals surface area contributed by atoms with Gasteiger partial charge in [0.1, 0.15) is 23.0 Å². The molecule has 0 bridgehead atoms. The lowest BCUT2D eigenvalue weighted by Gasteiger charge is -2.10. The van der Waals surface area contributed by atoms with E-state index in [1.54, 1.807) is 42.5 Å². The second kappa shape index (κ2) is 6.39. The van der Waals surface area contributed by atoms with E-state index < -0.39 is 5.63 Å². The van der Waals surface area contributed by atoms with Gasteiger partial charge in [-0.3, -0.25) is 0 Å². The van der Waals surface area contributed by atoms with Gasteiger partial charge in [0.05, 0.1) is 11.3 Å². The van der Waals surface area contributed by atoms with Gasteiger partial charge >= 0.3 is 5.63 Å². The van der Waals surface area contributed by atoms with E-state index in [0.717, 1.165) is 5.39 Å². The van der Waals surface area contributed by atoms with Gasteiger partial charge in [-0.05, 0) is 35.9 Å². The van der Waals surface area contributed by atoms with Gasteiger partial charge in [0.2, 0.25) is 6.79 Å². The number of pyridine rings is 1. The summed E-state index contributed by atoms with van der Waals surface area (Å²) < 4.78 is 16.2. The number of ether oxygens (including phenoxy) is 2. The fourth-order valence-corrected chi connectivity index (χ4v) is 3.35. The molecule has 1 aliphatic rings. The summed E-state index contributed by atoms with van der Waals surface area (Å²) >= 11 is 0. The number of hydrogen-bond acceptors (Lipinski definition) is 7. The van der Waals surface area contributed by atoms with Crippen molar-refractivity contribution in [1.29, 1.82) is 5.26 Å². The van der Waals surface area contributed by atoms with E-state index in [1.807, 2.05) is 12.1 Å². The molecule has 2 N–H and O–H groups in total. The lowest BCUT2D eigenvalue weighted by Crippen LogP contribution is -2.06. The highest BCUT2D eigenvalue weighted by molar-refractivity contribution is 5.84. The fraction of sp³-hybridized carbons (Fsp3) is 0.0455. The molecule has 0 saturated carbocycles. The van der Waals surface area contributed by atoms with Crippen LogP contribution in [0.4, 0.5) is 5.82 Å². The molecule has 1 aliphatic heterocycles. The van der Waals surface area contributed by atoms with E-state index in [2.05, 4.69) is 11.1 Å². The highest BCUT2D eigenvalue weighted by atomic mass is 16.7. The zero-order chi connectivity index (χ0) is 20.0. The van der Waals surface area contributed by atoms with Crippen molar-refractivity contribution in [2.24, 2.45) is 0 Å². The fourth-order valence-electron chi connectivity index (χ4n) is 3.35. The number of para-hydroxylation sites is 1. The first-order valence-corrected chi connectivity index (χ1v) is 8.78. The van der Waals surface area contributed by atoms with Gasteiger partial charge in [-0.15, -0.1) is 0 Å². The Bertz CT molecular complexity index is 1390. The van der Waals surface area contributed by atoms with Crippen LogP contribution in [0.15, 0.2) is 63.8 Å². The predicted octanol–water partition coefficient (Wildman–Crippen LogP) is 3.70. The van der Waals surface area contributed by atoms with Crippen LogP contribution < -0.4 is 20.8 Å². The molecule has 0 amide bonds. The highest BCUT2D eigenvalue weighted by Gasteiger charge is 2.19. The van der Waals surface area contributed by atoms with Gasteiger partial charge in [0.15, 0.2) is 11.5 Å². The second-order valence-corrected chi connectivity index (χ2v) is 6.48. The maximum Gasteiger partial charge on any atom is 0.345 e. The Labute approximate surface area is 164 Å². The van der Waals surface area contributed by atoms with Crippen LogP contribution in [-0.2, 0) is 0 Å². The van der Waals surface area contributed by atoms with E-state index in [1.165, 1.54) is 0 Å². The molecule has 29 heavy (non-hydrogen) atoms. The van der Waals surface area contributed by atoms with E-state index in [9.17, 15) is 10.1 Å². The monoisotopic (exact) mass is 383 g/mol. The normalized spacial score (nSPS) is 12.1. The first-order valence-electron chi connectivity index (χ1n) is 8.78. The van der Waals surface area contributed by atoms with Gasteiger partial charge in [-0.25, -0.2) is 9.78 Å². The summed E-state index contributed by atoms with van der Waals surface area (Å²) in [6.07, 6.45) is 0. The predicted molar refractivity (Wildman–Crippen MR) is 106 cm³/mol. The maximum absolute atomic E-state index is 12.6. The largest absolute Gasteiger partial charge is 0.454 e. The summed E-state index contributed by atoms with van der Waals surface area (Å²) in [5, 5.41) is 10.4. The highest BCUT2D eigenvalue weighted by Crippen LogP contribution is 2.38. The molecule has 2 aromatic heterocycles. The molecule has 0 atom stereocenters. The molecule has 0 spiro atoms. The lowest BCUT2D eigenvalue weighted by atomic mass is 9.98. The summed E-state index contributed by atoms with van der Waals surface area (Å²) in [7, 11) is 0. The molecule has 0 aliphatic carbocycles. The number of benzene rings is 2. The molecule has 4 aromatic rings. The van der Waals surface area contributed by atoms with Crippen molar-refractivity contribution in [3.63, 3.8) is 0 Å². The van der Waals surface area contributed by atoms with Gasteiger partial charge < -0.3 is 19.6 Å². The number of nitriles is 1. The smallest absolute Gasteiger partial charge is 0.345 e. The van der Waals surface area contributed by atoms with Crippen LogP contribution in [-0.4, -0.2) is 11.8 Å². The number of hydrogen-bond donors (Lipinski definition) is 1. The number of anilines is 1. The average Bonchev–Trinajstić information content (AvgIpc) is 3.20. The zero-order valence-corrected chi connectivity index (χ0v) is 15.0. The standard InChI is InChI=1S/C22H13N3O4/c23-10-16-14(12-5-6-19-20(8-12)28-11-27-19)9-17(25-21(16)24)15-7-13-3-1-2-4-18(13)29-22(15)26/h1-9H,11H2,(H2,24,25). The minimum Gasteiger partial charge on any atom is -0.454 e. The Kier molecular flexibility index (Phi) is 3.71. The van der Waals surface area contributed by atoms with Crippen LogP contribution >= 0.6 is 0 Å². The third-order valence-corrected chi connectivity index (χ3v) is 4.76. The molecule has 7 heteroatoms. The van der Waals surface area contributed by atoms with Gasteiger partial charge in [-0.1, -0.05) is 24.3 Å². The Hall–Kier alpha value is -4.31. The first kappa shape index (κ1) is 16.8. The minimum absolute atomic E-state index is 0.0326. The summed E-state index contributed by atoms with van der Waals surface area (Å²) in [5.74, 6) is 1.24. The number of nitrogen functional groups attached to an aromatic ring is 1. The summed E-state index contributed by atoms with van der Waals surface area (Å²) in [4.78, 5) is 16.8. The summed E-state index contributed by atoms with van der Waals surface area (Å²) in [6, 6.07) is 18.0. The third-order valence-electron chi connectivity index (χ3n) is 4.76. The van der Waals surface area contributed by atoms with E-state index >= 15 is 0 Å². The first-order chi connectivity index (χ1) is 14.1. The molecular formula is C22H13N3O4. The van der Waals surface area contributed by atoms with E-state index in [4.69, 9.17) is 19.6 Å². The molecule has 0 fully saturated rings. The summed E-state index contributed by atoms with van der Waals surface area (Å²) in [5.41, 5.74) is 8.07. The minimum atomic E-state index is -0.531. The topological polar surface area (TPSA) is 111 Å². The maximum atomic E-state index is 12.6. The van der Waals surface area contributed by atoms with Crippen LogP contribution in [0.5, 0.6) is 11.5 Å². The Balaban J connectivity index is 1.73. The van der Waals surface area contributed by atoms with Crippen molar-refractivity contribution < 1.29 is 13.9 Å². The van der Waals surface area contributed by atoms with Crippen molar-refractivity contribution in [3.05, 3.63) is 70.6 Å². The van der Waals surface area contributed by atoms with Crippen molar-refractivity contribution in [1.82, 2.24) is 4.98 Å². The SMILES string of the molecule is N#Cc1c(-c2ccc3c(c2)OCO3)cc(-c2cc3ccccc3oc2=O)nc1N. The Morgan fingerprint density at radius 1 is 1.00 bits per heavy atom. The molecular weight excluding hydrogens is 370 g/mol. The molecule has 0 unspecified atom stereocenters. The zero-order valence-electron chi connectivity index (χ0n) is 15.0. The number of nitrogens with two attached hydrogens (primary N) is 1. The van der Waals surface area contributed by atoms with Crippen molar-refractivity contribution in [2.75, 3.05) is 12.5 Å². The van der Waals surface area contributed by atoms with Gasteiger partial charge in [-0.2, -0.15) is 5.26 Å². The van der Waals surface area contributed by atoms with Crippen LogP contribution in [0.1, 0.15) is 5.56 Å². The quantitative estimate of drug-likeness (QED) is 0.525. The molecule has 3 heterocycles. The van der Waals surface area contributed by atoms with Crippen LogP contribution in [0.25, 0.3) is 33.4 Å². The summed E-state index contributed by atoms with van der Waals surface area (Å²) in [6.45, 7) is 0.145. The lowest BCUT2D eigenvalue weighted by molar-refractivity contribution is 0.174. The van der Waals surface area contributed by atoms with Gasteiger partial charge in [0.25, 0.3) is 0 Å².